The predicted molar refractivity (Wildman–Crippen MR) is 65.2 cm³/mol. The molecule has 0 aromatic rings. The molecule has 0 radical (unpaired) electrons. The smallest absolute Gasteiger partial charge is 0.0770 e. The molecule has 0 saturated carbocycles. The minimum absolute atomic E-state index is 0.0972. The standard InChI is InChI=1S/2C6H14O2/c1-6(8)4-2-3-5-7;1-2-3-4-6(8)5-7/h2*6-8H,2-5H2,1H3. The van der Waals surface area contributed by atoms with Crippen LogP contribution in [0.15, 0.2) is 0 Å². The number of aliphatic hydroxyl groups is 4. The molecule has 0 aliphatic rings. The Morgan fingerprint density at radius 3 is 1.94 bits per heavy atom. The zero-order chi connectivity index (χ0) is 12.8. The van der Waals surface area contributed by atoms with Gasteiger partial charge in [-0.1, -0.05) is 19.8 Å². The summed E-state index contributed by atoms with van der Waals surface area (Å²) in [5.41, 5.74) is 0. The van der Waals surface area contributed by atoms with Crippen molar-refractivity contribution in [1.29, 1.82) is 0 Å². The van der Waals surface area contributed by atoms with E-state index < -0.39 is 6.10 Å². The van der Waals surface area contributed by atoms with E-state index in [2.05, 4.69) is 6.92 Å². The Hall–Kier alpha value is -0.160. The van der Waals surface area contributed by atoms with Gasteiger partial charge in [-0.05, 0) is 32.6 Å². The minimum atomic E-state index is -0.491. The van der Waals surface area contributed by atoms with E-state index in [1.54, 1.807) is 6.92 Å². The first-order valence-electron chi connectivity index (χ1n) is 6.16. The summed E-state index contributed by atoms with van der Waals surface area (Å²) in [5, 5.41) is 34.0. The first kappa shape index (κ1) is 18.2. The topological polar surface area (TPSA) is 80.9 Å². The van der Waals surface area contributed by atoms with Crippen LogP contribution in [0.1, 0.15) is 52.4 Å². The Bertz CT molecular complexity index is 118. The lowest BCUT2D eigenvalue weighted by atomic mass is 10.2. The van der Waals surface area contributed by atoms with Gasteiger partial charge in [0.25, 0.3) is 0 Å². The number of unbranched alkanes of at least 4 members (excludes halogenated alkanes) is 2. The second kappa shape index (κ2) is 14.8. The molecule has 0 amide bonds. The summed E-state index contributed by atoms with van der Waals surface area (Å²) in [4.78, 5) is 0. The summed E-state index contributed by atoms with van der Waals surface area (Å²) in [6.45, 7) is 3.97. The highest BCUT2D eigenvalue weighted by atomic mass is 16.3. The average Bonchev–Trinajstić information content (AvgIpc) is 2.26. The molecule has 4 N–H and O–H groups in total. The Kier molecular flexibility index (Phi) is 16.9. The molecule has 0 saturated heterocycles. The molecule has 0 spiro atoms. The fraction of sp³-hybridized carbons (Fsp3) is 1.00. The fourth-order valence-corrected chi connectivity index (χ4v) is 1.08. The number of hydrogen-bond donors (Lipinski definition) is 4. The molecule has 100 valence electrons. The highest BCUT2D eigenvalue weighted by molar-refractivity contribution is 4.50. The molecule has 16 heavy (non-hydrogen) atoms. The molecule has 4 heteroatoms. The van der Waals surface area contributed by atoms with E-state index >= 15 is 0 Å². The first-order valence-corrected chi connectivity index (χ1v) is 6.16. The summed E-state index contributed by atoms with van der Waals surface area (Å²) >= 11 is 0. The molecule has 2 atom stereocenters. The molecule has 4 nitrogen and oxygen atoms in total. The third-order valence-corrected chi connectivity index (χ3v) is 2.13. The van der Waals surface area contributed by atoms with Crippen molar-refractivity contribution in [1.82, 2.24) is 0 Å². The maximum absolute atomic E-state index is 8.74. The van der Waals surface area contributed by atoms with E-state index in [4.69, 9.17) is 20.4 Å². The van der Waals surface area contributed by atoms with Gasteiger partial charge in [-0.15, -0.1) is 0 Å². The SMILES string of the molecule is CC(O)CCCCO.CCCCC(O)CO. The maximum atomic E-state index is 8.74. The van der Waals surface area contributed by atoms with E-state index in [1.807, 2.05) is 0 Å². The van der Waals surface area contributed by atoms with Crippen molar-refractivity contribution < 1.29 is 20.4 Å². The predicted octanol–water partition coefficient (Wildman–Crippen LogP) is 1.06. The molecule has 0 rings (SSSR count). The molecular weight excluding hydrogens is 208 g/mol. The average molecular weight is 236 g/mol. The van der Waals surface area contributed by atoms with Gasteiger partial charge in [0.15, 0.2) is 0 Å². The van der Waals surface area contributed by atoms with Crippen LogP contribution in [0.25, 0.3) is 0 Å². The summed E-state index contributed by atoms with van der Waals surface area (Å²) in [6, 6.07) is 0. The van der Waals surface area contributed by atoms with Crippen LogP contribution < -0.4 is 0 Å². The van der Waals surface area contributed by atoms with Gasteiger partial charge in [0.2, 0.25) is 0 Å². The highest BCUT2D eigenvalue weighted by Crippen LogP contribution is 1.98. The Labute approximate surface area is 98.9 Å². The zero-order valence-electron chi connectivity index (χ0n) is 10.6. The van der Waals surface area contributed by atoms with Crippen molar-refractivity contribution in [2.24, 2.45) is 0 Å². The van der Waals surface area contributed by atoms with Crippen LogP contribution in [0, 0.1) is 0 Å². The molecular formula is C12H28O4. The van der Waals surface area contributed by atoms with E-state index in [0.717, 1.165) is 38.5 Å². The van der Waals surface area contributed by atoms with E-state index in [9.17, 15) is 0 Å². The normalized spacial score (nSPS) is 13.9. The molecule has 0 heterocycles. The van der Waals surface area contributed by atoms with Crippen molar-refractivity contribution in [3.05, 3.63) is 0 Å². The van der Waals surface area contributed by atoms with Gasteiger partial charge in [0, 0.05) is 6.61 Å². The van der Waals surface area contributed by atoms with Crippen LogP contribution in [0.4, 0.5) is 0 Å². The number of aliphatic hydroxyl groups excluding tert-OH is 4. The van der Waals surface area contributed by atoms with Crippen LogP contribution in [0.2, 0.25) is 0 Å². The molecule has 0 fully saturated rings. The fourth-order valence-electron chi connectivity index (χ4n) is 1.08. The van der Waals surface area contributed by atoms with Crippen LogP contribution in [-0.4, -0.2) is 45.8 Å². The summed E-state index contributed by atoms with van der Waals surface area (Å²) in [7, 11) is 0. The summed E-state index contributed by atoms with van der Waals surface area (Å²) < 4.78 is 0. The third kappa shape index (κ3) is 19.4. The molecule has 2 unspecified atom stereocenters. The third-order valence-electron chi connectivity index (χ3n) is 2.13. The van der Waals surface area contributed by atoms with Crippen LogP contribution >= 0.6 is 0 Å². The lowest BCUT2D eigenvalue weighted by Crippen LogP contribution is -2.10. The number of hydrogen-bond acceptors (Lipinski definition) is 4. The van der Waals surface area contributed by atoms with E-state index in [1.165, 1.54) is 0 Å². The second-order valence-electron chi connectivity index (χ2n) is 4.05. The highest BCUT2D eigenvalue weighted by Gasteiger charge is 1.97. The Morgan fingerprint density at radius 2 is 1.56 bits per heavy atom. The van der Waals surface area contributed by atoms with Gasteiger partial charge in [-0.2, -0.15) is 0 Å². The van der Waals surface area contributed by atoms with Gasteiger partial charge >= 0.3 is 0 Å². The lowest BCUT2D eigenvalue weighted by molar-refractivity contribution is 0.0865. The monoisotopic (exact) mass is 236 g/mol. The van der Waals surface area contributed by atoms with Crippen LogP contribution in [0.3, 0.4) is 0 Å². The molecule has 0 aliphatic heterocycles. The Morgan fingerprint density at radius 1 is 0.938 bits per heavy atom. The molecule has 0 aromatic heterocycles. The van der Waals surface area contributed by atoms with Crippen molar-refractivity contribution in [3.8, 4) is 0 Å². The Balaban J connectivity index is 0. The van der Waals surface area contributed by atoms with Gasteiger partial charge in [0.1, 0.15) is 0 Å². The summed E-state index contributed by atoms with van der Waals surface area (Å²) in [5.74, 6) is 0. The summed E-state index contributed by atoms with van der Waals surface area (Å²) in [6.07, 6.45) is 4.65. The largest absolute Gasteiger partial charge is 0.396 e. The van der Waals surface area contributed by atoms with E-state index in [-0.39, 0.29) is 19.3 Å². The first-order chi connectivity index (χ1) is 7.58. The molecule has 0 aromatic carbocycles. The quantitative estimate of drug-likeness (QED) is 0.475. The van der Waals surface area contributed by atoms with Gasteiger partial charge in [-0.25, -0.2) is 0 Å². The van der Waals surface area contributed by atoms with Crippen molar-refractivity contribution >= 4 is 0 Å². The number of rotatable bonds is 8. The lowest BCUT2D eigenvalue weighted by Gasteiger charge is -2.02. The second-order valence-corrected chi connectivity index (χ2v) is 4.05. The van der Waals surface area contributed by atoms with Crippen LogP contribution in [0.5, 0.6) is 0 Å². The molecule has 0 bridgehead atoms. The maximum Gasteiger partial charge on any atom is 0.0770 e. The van der Waals surface area contributed by atoms with Crippen LogP contribution in [-0.2, 0) is 0 Å². The molecule has 0 aliphatic carbocycles. The van der Waals surface area contributed by atoms with Crippen molar-refractivity contribution in [3.63, 3.8) is 0 Å². The minimum Gasteiger partial charge on any atom is -0.396 e. The van der Waals surface area contributed by atoms with Gasteiger partial charge in [-0.3, -0.25) is 0 Å². The van der Waals surface area contributed by atoms with Gasteiger partial charge < -0.3 is 20.4 Å². The zero-order valence-corrected chi connectivity index (χ0v) is 10.6. The van der Waals surface area contributed by atoms with E-state index in [0.29, 0.717) is 0 Å². The van der Waals surface area contributed by atoms with Gasteiger partial charge in [0.05, 0.1) is 18.8 Å². The van der Waals surface area contributed by atoms with Crippen molar-refractivity contribution in [2.75, 3.05) is 13.2 Å². The van der Waals surface area contributed by atoms with Crippen molar-refractivity contribution in [2.45, 2.75) is 64.6 Å².